The monoisotopic (exact) mass is 488 g/mol. The van der Waals surface area contributed by atoms with Crippen molar-refractivity contribution < 1.29 is 9.90 Å². The Labute approximate surface area is 171 Å². The summed E-state index contributed by atoms with van der Waals surface area (Å²) in [4.78, 5) is 12.2. The highest BCUT2D eigenvalue weighted by atomic mass is 79.9. The topological polar surface area (TPSA) is 37.3 Å². The van der Waals surface area contributed by atoms with Gasteiger partial charge in [0.15, 0.2) is 0 Å². The van der Waals surface area contributed by atoms with Gasteiger partial charge in [-0.25, -0.2) is 0 Å². The van der Waals surface area contributed by atoms with Gasteiger partial charge in [-0.3, -0.25) is 4.79 Å². The molecule has 1 saturated carbocycles. The first-order valence-electron chi connectivity index (χ1n) is 8.18. The average molecular weight is 491 g/mol. The average Bonchev–Trinajstić information content (AvgIpc) is 2.96. The minimum absolute atomic E-state index is 0.0242. The van der Waals surface area contributed by atoms with Crippen molar-refractivity contribution in [1.82, 2.24) is 0 Å². The fraction of sp³-hybridized carbons (Fsp3) is 0.450. The van der Waals surface area contributed by atoms with Crippen LogP contribution in [0.15, 0.2) is 33.2 Å². The molecule has 0 aromatic heterocycles. The molecule has 2 atom stereocenters. The van der Waals surface area contributed by atoms with E-state index in [0.29, 0.717) is 6.42 Å². The lowest BCUT2D eigenvalue weighted by Crippen LogP contribution is -2.25. The summed E-state index contributed by atoms with van der Waals surface area (Å²) >= 11 is 12.4. The lowest BCUT2D eigenvalue weighted by atomic mass is 9.84. The Morgan fingerprint density at radius 2 is 1.84 bits per heavy atom. The van der Waals surface area contributed by atoms with Gasteiger partial charge in [0.25, 0.3) is 0 Å². The normalized spacial score (nSPS) is 24.4. The molecule has 0 aliphatic heterocycles. The van der Waals surface area contributed by atoms with E-state index in [9.17, 15) is 9.90 Å². The van der Waals surface area contributed by atoms with E-state index in [4.69, 9.17) is 11.6 Å². The van der Waals surface area contributed by atoms with E-state index in [-0.39, 0.29) is 11.3 Å². The first-order valence-corrected chi connectivity index (χ1v) is 10.2. The smallest absolute Gasteiger partial charge is 0.311 e. The summed E-state index contributed by atoms with van der Waals surface area (Å²) in [6.45, 7) is 8.20. The second-order valence-electron chi connectivity index (χ2n) is 7.38. The molecular formula is C20H23Br2ClO2. The number of hydrogen-bond donors (Lipinski definition) is 1. The third kappa shape index (κ3) is 3.77. The predicted octanol–water partition coefficient (Wildman–Crippen LogP) is 6.50. The Morgan fingerprint density at radius 1 is 1.28 bits per heavy atom. The van der Waals surface area contributed by atoms with E-state index in [1.54, 1.807) is 0 Å². The molecular weight excluding hydrogens is 467 g/mol. The predicted molar refractivity (Wildman–Crippen MR) is 112 cm³/mol. The maximum atomic E-state index is 12.2. The summed E-state index contributed by atoms with van der Waals surface area (Å²) in [5.41, 5.74) is 5.05. The number of aryl methyl sites for hydroxylation is 2. The van der Waals surface area contributed by atoms with Crippen molar-refractivity contribution in [2.45, 2.75) is 40.5 Å². The summed E-state index contributed by atoms with van der Waals surface area (Å²) in [6.07, 6.45) is 5.20. The highest BCUT2D eigenvalue weighted by molar-refractivity contribution is 9.28. The summed E-state index contributed by atoms with van der Waals surface area (Å²) in [5.74, 6) is -0.753. The Kier molecular flexibility index (Phi) is 6.28. The lowest BCUT2D eigenvalue weighted by molar-refractivity contribution is -0.145. The number of rotatable bonds is 6. The van der Waals surface area contributed by atoms with Crippen LogP contribution in [0.5, 0.6) is 0 Å². The molecule has 2 rings (SSSR count). The molecule has 5 heteroatoms. The minimum Gasteiger partial charge on any atom is -0.481 e. The lowest BCUT2D eigenvalue weighted by Gasteiger charge is -2.20. The number of aliphatic carboxylic acids is 1. The Hall–Kier alpha value is -0.580. The van der Waals surface area contributed by atoms with E-state index in [1.807, 2.05) is 26.0 Å². The van der Waals surface area contributed by atoms with E-state index >= 15 is 0 Å². The van der Waals surface area contributed by atoms with Gasteiger partial charge in [0, 0.05) is 11.5 Å². The number of hydrogen-bond acceptors (Lipinski definition) is 1. The van der Waals surface area contributed by atoms with E-state index in [2.05, 4.69) is 57.8 Å². The quantitative estimate of drug-likeness (QED) is 0.494. The van der Waals surface area contributed by atoms with Crippen LogP contribution in [0.4, 0.5) is 0 Å². The molecule has 2 unspecified atom stereocenters. The van der Waals surface area contributed by atoms with Crippen molar-refractivity contribution in [3.63, 3.8) is 0 Å². The molecule has 0 radical (unpaired) electrons. The van der Waals surface area contributed by atoms with Crippen LogP contribution < -0.4 is 0 Å². The fourth-order valence-electron chi connectivity index (χ4n) is 4.13. The Balaban J connectivity index is 2.43. The van der Waals surface area contributed by atoms with Gasteiger partial charge in [-0.2, -0.15) is 0 Å². The summed E-state index contributed by atoms with van der Waals surface area (Å²) in [7, 11) is 0. The van der Waals surface area contributed by atoms with Gasteiger partial charge in [0.05, 0.1) is 8.81 Å². The van der Waals surface area contributed by atoms with Gasteiger partial charge in [-0.05, 0) is 86.2 Å². The molecule has 0 bridgehead atoms. The van der Waals surface area contributed by atoms with Gasteiger partial charge in [-0.1, -0.05) is 49.7 Å². The Morgan fingerprint density at radius 3 is 2.28 bits per heavy atom. The third-order valence-corrected chi connectivity index (χ3v) is 6.41. The van der Waals surface area contributed by atoms with Crippen LogP contribution in [0.3, 0.4) is 0 Å². The zero-order valence-electron chi connectivity index (χ0n) is 14.9. The number of carbonyl (C=O) groups is 1. The highest BCUT2D eigenvalue weighted by Crippen LogP contribution is 2.71. The second kappa shape index (κ2) is 7.58. The van der Waals surface area contributed by atoms with Gasteiger partial charge in [-0.15, -0.1) is 0 Å². The van der Waals surface area contributed by atoms with Crippen molar-refractivity contribution in [1.29, 1.82) is 0 Å². The minimum atomic E-state index is -0.785. The third-order valence-electron chi connectivity index (χ3n) is 5.70. The van der Waals surface area contributed by atoms with Crippen LogP contribution in [0, 0.1) is 30.6 Å². The number of allylic oxidation sites excluding steroid dienone is 2. The van der Waals surface area contributed by atoms with Crippen LogP contribution in [-0.4, -0.2) is 11.1 Å². The second-order valence-corrected chi connectivity index (χ2v) is 10.4. The standard InChI is InChI=1S/C20H23Br2ClO2/c1-12-8-14(6-5-7-23)9-13(2)15(12)11-20(18(24)25)16(10-17(21)22)19(20,3)4/h5,7-10,16H,6,11H2,1-4H3,(H,24,25)/b7-5-. The van der Waals surface area contributed by atoms with Crippen LogP contribution >= 0.6 is 43.5 Å². The number of carboxylic acid groups (broad SMARTS) is 1. The maximum Gasteiger partial charge on any atom is 0.311 e. The SMILES string of the molecule is Cc1cc(C/C=C\Cl)cc(C)c1CC1(C(=O)O)C(C=C(Br)Br)C1(C)C. The molecule has 2 nitrogen and oxygen atoms in total. The molecule has 136 valence electrons. The zero-order valence-corrected chi connectivity index (χ0v) is 18.8. The molecule has 25 heavy (non-hydrogen) atoms. The van der Waals surface area contributed by atoms with Crippen molar-refractivity contribution >= 4 is 49.4 Å². The van der Waals surface area contributed by atoms with E-state index in [1.165, 1.54) is 11.1 Å². The van der Waals surface area contributed by atoms with Crippen molar-refractivity contribution in [3.8, 4) is 0 Å². The first-order chi connectivity index (χ1) is 11.6. The van der Waals surface area contributed by atoms with E-state index < -0.39 is 11.4 Å². The number of halogens is 3. The molecule has 1 aliphatic rings. The van der Waals surface area contributed by atoms with Crippen LogP contribution in [0.25, 0.3) is 0 Å². The van der Waals surface area contributed by atoms with Gasteiger partial charge in [0.1, 0.15) is 0 Å². The van der Waals surface area contributed by atoms with Crippen LogP contribution in [-0.2, 0) is 17.6 Å². The first kappa shape index (κ1) is 20.7. The van der Waals surface area contributed by atoms with Crippen LogP contribution in [0.2, 0.25) is 0 Å². The number of benzene rings is 1. The largest absolute Gasteiger partial charge is 0.481 e. The summed E-state index contributed by atoms with van der Waals surface area (Å²) < 4.78 is 0.804. The highest BCUT2D eigenvalue weighted by Gasteiger charge is 2.74. The molecule has 1 aliphatic carbocycles. The molecule has 0 saturated heterocycles. The van der Waals surface area contributed by atoms with Gasteiger partial charge < -0.3 is 5.11 Å². The van der Waals surface area contributed by atoms with Gasteiger partial charge in [0.2, 0.25) is 0 Å². The summed E-state index contributed by atoms with van der Waals surface area (Å²) in [5, 5.41) is 10.1. The molecule has 0 spiro atoms. The zero-order chi connectivity index (χ0) is 19.0. The van der Waals surface area contributed by atoms with Crippen molar-refractivity contribution in [2.75, 3.05) is 0 Å². The Bertz CT molecular complexity index is 725. The molecule has 1 aromatic rings. The maximum absolute atomic E-state index is 12.2. The molecule has 0 heterocycles. The number of carboxylic acids is 1. The van der Waals surface area contributed by atoms with Crippen LogP contribution in [0.1, 0.15) is 36.1 Å². The molecule has 1 fully saturated rings. The molecule has 1 aromatic carbocycles. The van der Waals surface area contributed by atoms with Crippen molar-refractivity contribution in [2.24, 2.45) is 16.7 Å². The van der Waals surface area contributed by atoms with Crippen molar-refractivity contribution in [3.05, 3.63) is 55.5 Å². The molecule has 1 N–H and O–H groups in total. The van der Waals surface area contributed by atoms with E-state index in [0.717, 1.165) is 26.5 Å². The summed E-state index contributed by atoms with van der Waals surface area (Å²) in [6, 6.07) is 4.27. The fourth-order valence-corrected chi connectivity index (χ4v) is 4.75. The van der Waals surface area contributed by atoms with Gasteiger partial charge >= 0.3 is 5.97 Å². The molecule has 0 amide bonds.